The molecule has 28 heavy (non-hydrogen) atoms. The van der Waals surface area contributed by atoms with Crippen molar-refractivity contribution in [3.8, 4) is 17.2 Å². The minimum absolute atomic E-state index is 0.230. The third-order valence-electron chi connectivity index (χ3n) is 4.35. The second-order valence-electron chi connectivity index (χ2n) is 6.19. The Morgan fingerprint density at radius 3 is 2.43 bits per heavy atom. The van der Waals surface area contributed by atoms with Crippen LogP contribution in [0.15, 0.2) is 48.7 Å². The summed E-state index contributed by atoms with van der Waals surface area (Å²) in [5.74, 6) is -1.19. The number of ether oxygens (including phenoxy) is 1. The smallest absolute Gasteiger partial charge is 0.326 e. The summed E-state index contributed by atoms with van der Waals surface area (Å²) >= 11 is 5.86. The molecule has 0 saturated heterocycles. The first kappa shape index (κ1) is 19.4. The first-order valence-corrected chi connectivity index (χ1v) is 8.71. The van der Waals surface area contributed by atoms with Gasteiger partial charge in [0, 0.05) is 29.0 Å². The van der Waals surface area contributed by atoms with E-state index in [0.29, 0.717) is 27.3 Å². The van der Waals surface area contributed by atoms with Crippen molar-refractivity contribution in [3.63, 3.8) is 0 Å². The molecule has 0 aliphatic carbocycles. The summed E-state index contributed by atoms with van der Waals surface area (Å²) in [6.07, 6.45) is 1.44. The van der Waals surface area contributed by atoms with Gasteiger partial charge in [0.1, 0.15) is 17.5 Å². The van der Waals surface area contributed by atoms with Crippen LogP contribution in [0.2, 0.25) is 5.02 Å². The molecule has 144 valence electrons. The number of aromatic hydroxyl groups is 1. The molecule has 2 N–H and O–H groups in total. The summed E-state index contributed by atoms with van der Waals surface area (Å²) in [6.45, 7) is 1.37. The van der Waals surface area contributed by atoms with Crippen LogP contribution in [0.25, 0.3) is 10.8 Å². The number of pyridine rings is 1. The van der Waals surface area contributed by atoms with Gasteiger partial charge in [0.15, 0.2) is 11.4 Å². The van der Waals surface area contributed by atoms with Gasteiger partial charge >= 0.3 is 5.97 Å². The second-order valence-corrected chi connectivity index (χ2v) is 6.63. The maximum absolute atomic E-state index is 12.6. The van der Waals surface area contributed by atoms with Gasteiger partial charge in [0.05, 0.1) is 0 Å². The maximum atomic E-state index is 12.6. The first-order valence-electron chi connectivity index (χ1n) is 8.33. The molecule has 7 nitrogen and oxygen atoms in total. The number of benzene rings is 2. The summed E-state index contributed by atoms with van der Waals surface area (Å²) < 4.78 is 5.75. The number of aromatic nitrogens is 1. The zero-order chi connectivity index (χ0) is 20.4. The van der Waals surface area contributed by atoms with E-state index >= 15 is 0 Å². The van der Waals surface area contributed by atoms with E-state index in [0.717, 1.165) is 4.90 Å². The lowest BCUT2D eigenvalue weighted by molar-refractivity contribution is -0.141. The molecule has 0 radical (unpaired) electrons. The zero-order valence-electron chi connectivity index (χ0n) is 15.1. The van der Waals surface area contributed by atoms with Crippen LogP contribution >= 0.6 is 11.6 Å². The third kappa shape index (κ3) is 3.84. The molecule has 3 rings (SSSR count). The number of carbonyl (C=O) groups is 2. The average Bonchev–Trinajstić information content (AvgIpc) is 2.68. The molecule has 1 unspecified atom stereocenters. The van der Waals surface area contributed by atoms with E-state index in [-0.39, 0.29) is 11.4 Å². The summed E-state index contributed by atoms with van der Waals surface area (Å²) in [7, 11) is 1.34. The Hall–Kier alpha value is -3.32. The van der Waals surface area contributed by atoms with Gasteiger partial charge in [-0.15, -0.1) is 0 Å². The Morgan fingerprint density at radius 1 is 1.14 bits per heavy atom. The van der Waals surface area contributed by atoms with Crippen molar-refractivity contribution in [2.75, 3.05) is 7.05 Å². The highest BCUT2D eigenvalue weighted by atomic mass is 35.5. The molecule has 0 aliphatic rings. The lowest BCUT2D eigenvalue weighted by Crippen LogP contribution is -2.40. The van der Waals surface area contributed by atoms with Crippen molar-refractivity contribution < 1.29 is 24.5 Å². The van der Waals surface area contributed by atoms with Gasteiger partial charge in [-0.05, 0) is 49.4 Å². The van der Waals surface area contributed by atoms with Gasteiger partial charge in [-0.2, -0.15) is 0 Å². The molecular formula is C20H17ClN2O5. The van der Waals surface area contributed by atoms with Crippen molar-refractivity contribution in [2.45, 2.75) is 13.0 Å². The number of carboxylic acids is 1. The molecule has 1 atom stereocenters. The van der Waals surface area contributed by atoms with Crippen LogP contribution < -0.4 is 4.74 Å². The lowest BCUT2D eigenvalue weighted by atomic mass is 10.1. The Balaban J connectivity index is 1.96. The van der Waals surface area contributed by atoms with Gasteiger partial charge in [0.25, 0.3) is 5.91 Å². The average molecular weight is 401 g/mol. The molecule has 3 aromatic rings. The highest BCUT2D eigenvalue weighted by Gasteiger charge is 2.26. The number of hydrogen-bond donors (Lipinski definition) is 2. The van der Waals surface area contributed by atoms with E-state index in [1.807, 2.05) is 0 Å². The van der Waals surface area contributed by atoms with Crippen LogP contribution in [0.1, 0.15) is 17.4 Å². The van der Waals surface area contributed by atoms with E-state index < -0.39 is 17.9 Å². The third-order valence-corrected chi connectivity index (χ3v) is 4.60. The molecule has 0 fully saturated rings. The van der Waals surface area contributed by atoms with Gasteiger partial charge in [-0.3, -0.25) is 4.79 Å². The molecule has 8 heteroatoms. The molecule has 0 bridgehead atoms. The normalized spacial score (nSPS) is 11.8. The molecule has 1 aromatic heterocycles. The minimum Gasteiger partial charge on any atom is -0.505 e. The zero-order valence-corrected chi connectivity index (χ0v) is 15.8. The summed E-state index contributed by atoms with van der Waals surface area (Å²) in [4.78, 5) is 28.7. The van der Waals surface area contributed by atoms with E-state index in [1.165, 1.54) is 20.2 Å². The van der Waals surface area contributed by atoms with Crippen LogP contribution in [0.5, 0.6) is 17.2 Å². The molecule has 0 aliphatic heterocycles. The molecule has 2 aromatic carbocycles. The maximum Gasteiger partial charge on any atom is 0.326 e. The van der Waals surface area contributed by atoms with Crippen LogP contribution in [0, 0.1) is 0 Å². The Bertz CT molecular complexity index is 1050. The lowest BCUT2D eigenvalue weighted by Gasteiger charge is -2.21. The second kappa shape index (κ2) is 7.74. The number of hydrogen-bond acceptors (Lipinski definition) is 5. The number of rotatable bonds is 5. The largest absolute Gasteiger partial charge is 0.505 e. The predicted molar refractivity (Wildman–Crippen MR) is 104 cm³/mol. The topological polar surface area (TPSA) is 100.0 Å². The molecular weight excluding hydrogens is 384 g/mol. The first-order chi connectivity index (χ1) is 13.3. The number of fused-ring (bicyclic) bond motifs is 1. The Kier molecular flexibility index (Phi) is 5.37. The Labute approximate surface area is 165 Å². The summed E-state index contributed by atoms with van der Waals surface area (Å²) in [6, 6.07) is 10.7. The van der Waals surface area contributed by atoms with E-state index in [1.54, 1.807) is 42.5 Å². The van der Waals surface area contributed by atoms with Crippen molar-refractivity contribution in [3.05, 3.63) is 59.4 Å². The quantitative estimate of drug-likeness (QED) is 0.673. The van der Waals surface area contributed by atoms with Gasteiger partial charge < -0.3 is 19.8 Å². The number of nitrogens with zero attached hydrogens (tertiary/aromatic N) is 2. The van der Waals surface area contributed by atoms with Crippen LogP contribution in [0.4, 0.5) is 0 Å². The van der Waals surface area contributed by atoms with Crippen LogP contribution in [0.3, 0.4) is 0 Å². The fourth-order valence-corrected chi connectivity index (χ4v) is 2.67. The van der Waals surface area contributed by atoms with Crippen molar-refractivity contribution in [1.82, 2.24) is 9.88 Å². The highest BCUT2D eigenvalue weighted by molar-refractivity contribution is 6.30. The van der Waals surface area contributed by atoms with E-state index in [2.05, 4.69) is 4.98 Å². The number of aliphatic carboxylic acids is 1. The number of amides is 1. The van der Waals surface area contributed by atoms with E-state index in [9.17, 15) is 14.7 Å². The van der Waals surface area contributed by atoms with Gasteiger partial charge in [0.2, 0.25) is 0 Å². The van der Waals surface area contributed by atoms with Crippen LogP contribution in [-0.2, 0) is 4.79 Å². The number of halogens is 1. The molecule has 0 spiro atoms. The molecule has 0 saturated carbocycles. The van der Waals surface area contributed by atoms with Crippen molar-refractivity contribution >= 4 is 34.2 Å². The fourth-order valence-electron chi connectivity index (χ4n) is 2.54. The predicted octanol–water partition coefficient (Wildman–Crippen LogP) is 3.93. The van der Waals surface area contributed by atoms with Crippen molar-refractivity contribution in [2.24, 2.45) is 0 Å². The SMILES string of the molecule is CC(C(=O)O)N(C)C(=O)c1ncc2ccc(Oc3ccc(Cl)cc3)cc2c1O. The molecule has 1 heterocycles. The monoisotopic (exact) mass is 400 g/mol. The fraction of sp³-hybridized carbons (Fsp3) is 0.150. The standard InChI is InChI=1S/C20H17ClN2O5/c1-11(20(26)27)23(2)19(25)17-18(24)16-9-15(6-3-12(16)10-22-17)28-14-7-4-13(21)5-8-14/h3-11,24H,1-2H3,(H,26,27). The molecule has 1 amide bonds. The summed E-state index contributed by atoms with van der Waals surface area (Å²) in [5.41, 5.74) is -0.230. The minimum atomic E-state index is -1.16. The Morgan fingerprint density at radius 2 is 1.79 bits per heavy atom. The summed E-state index contributed by atoms with van der Waals surface area (Å²) in [5, 5.41) is 21.2. The van der Waals surface area contributed by atoms with Gasteiger partial charge in [-0.1, -0.05) is 11.6 Å². The van der Waals surface area contributed by atoms with E-state index in [4.69, 9.17) is 21.4 Å². The van der Waals surface area contributed by atoms with Crippen LogP contribution in [-0.4, -0.2) is 45.1 Å². The van der Waals surface area contributed by atoms with Crippen molar-refractivity contribution in [1.29, 1.82) is 0 Å². The number of carbonyl (C=O) groups excluding carboxylic acids is 1. The number of likely N-dealkylation sites (N-methyl/N-ethyl adjacent to an activating group) is 1. The highest BCUT2D eigenvalue weighted by Crippen LogP contribution is 2.33. The number of carboxylic acid groups (broad SMARTS) is 1. The van der Waals surface area contributed by atoms with Gasteiger partial charge in [-0.25, -0.2) is 9.78 Å².